The second-order valence-electron chi connectivity index (χ2n) is 8.04. The molecule has 0 spiro atoms. The Kier molecular flexibility index (Phi) is 5.23. The van der Waals surface area contributed by atoms with E-state index in [9.17, 15) is 23.1 Å². The molecule has 5 nitrogen and oxygen atoms in total. The van der Waals surface area contributed by atoms with Crippen molar-refractivity contribution in [3.8, 4) is 0 Å². The van der Waals surface area contributed by atoms with Gasteiger partial charge in [-0.3, -0.25) is 4.79 Å². The summed E-state index contributed by atoms with van der Waals surface area (Å²) in [7, 11) is 1.36. The summed E-state index contributed by atoms with van der Waals surface area (Å²) in [6.07, 6.45) is -1.31. The molecule has 2 rings (SSSR count). The molecule has 1 aliphatic rings. The van der Waals surface area contributed by atoms with E-state index < -0.39 is 29.9 Å². The fourth-order valence-electron chi connectivity index (χ4n) is 3.47. The molecule has 1 N–H and O–H groups in total. The molecule has 1 aromatic heterocycles. The molecular weight excluding hydrogens is 335 g/mol. The standard InChI is InChI=1S/C17H26F3N3O2/c1-15(2,3)10-12-6-5-8-23(12)13(24)11-16(25,17(18,19)20)14-21-7-9-22(14)4/h7,9,12,25H,5-6,8,10-11H2,1-4H3. The molecular formula is C17H26F3N3O2. The van der Waals surface area contributed by atoms with Crippen molar-refractivity contribution in [3.05, 3.63) is 18.2 Å². The van der Waals surface area contributed by atoms with E-state index in [4.69, 9.17) is 0 Å². The van der Waals surface area contributed by atoms with Crippen LogP contribution in [-0.4, -0.2) is 44.2 Å². The first-order chi connectivity index (χ1) is 11.3. The minimum absolute atomic E-state index is 0.0342. The summed E-state index contributed by atoms with van der Waals surface area (Å²) >= 11 is 0. The normalized spacial score (nSPS) is 21.4. The smallest absolute Gasteiger partial charge is 0.374 e. The van der Waals surface area contributed by atoms with Gasteiger partial charge in [0.1, 0.15) is 0 Å². The third kappa shape index (κ3) is 4.16. The van der Waals surface area contributed by atoms with Gasteiger partial charge in [0, 0.05) is 32.0 Å². The number of imidazole rings is 1. The second kappa shape index (κ2) is 6.63. The van der Waals surface area contributed by atoms with Crippen molar-refractivity contribution in [1.29, 1.82) is 0 Å². The topological polar surface area (TPSA) is 58.4 Å². The van der Waals surface area contributed by atoms with Crippen molar-refractivity contribution in [2.45, 2.75) is 64.3 Å². The Hall–Kier alpha value is -1.57. The first-order valence-electron chi connectivity index (χ1n) is 8.41. The van der Waals surface area contributed by atoms with Gasteiger partial charge >= 0.3 is 6.18 Å². The van der Waals surface area contributed by atoms with Crippen LogP contribution in [0.15, 0.2) is 12.4 Å². The summed E-state index contributed by atoms with van der Waals surface area (Å²) in [5, 5.41) is 10.4. The van der Waals surface area contributed by atoms with Crippen LogP contribution in [0, 0.1) is 5.41 Å². The third-order valence-electron chi connectivity index (χ3n) is 4.61. The highest BCUT2D eigenvalue weighted by Gasteiger charge is 2.59. The van der Waals surface area contributed by atoms with Gasteiger partial charge in [-0.25, -0.2) is 4.98 Å². The number of hydrogen-bond donors (Lipinski definition) is 1. The molecule has 1 saturated heterocycles. The summed E-state index contributed by atoms with van der Waals surface area (Å²) in [5.74, 6) is -1.26. The Morgan fingerprint density at radius 2 is 2.00 bits per heavy atom. The fourth-order valence-corrected chi connectivity index (χ4v) is 3.47. The van der Waals surface area contributed by atoms with Gasteiger partial charge in [0.05, 0.1) is 6.42 Å². The predicted molar refractivity (Wildman–Crippen MR) is 86.6 cm³/mol. The Morgan fingerprint density at radius 1 is 1.36 bits per heavy atom. The number of likely N-dealkylation sites (tertiary alicyclic amines) is 1. The Labute approximate surface area is 145 Å². The summed E-state index contributed by atoms with van der Waals surface area (Å²) in [6, 6.07) is -0.0913. The molecule has 142 valence electrons. The Bertz CT molecular complexity index is 621. The van der Waals surface area contributed by atoms with Gasteiger partial charge in [0.15, 0.2) is 5.82 Å². The maximum atomic E-state index is 13.6. The lowest BCUT2D eigenvalue weighted by Crippen LogP contribution is -2.49. The van der Waals surface area contributed by atoms with Crippen LogP contribution in [0.3, 0.4) is 0 Å². The number of rotatable bonds is 4. The molecule has 0 saturated carbocycles. The minimum Gasteiger partial charge on any atom is -0.374 e. The number of alkyl halides is 3. The molecule has 2 unspecified atom stereocenters. The molecule has 0 bridgehead atoms. The van der Waals surface area contributed by atoms with Gasteiger partial charge in [-0.05, 0) is 24.7 Å². The predicted octanol–water partition coefficient (Wildman–Crippen LogP) is 2.99. The number of aliphatic hydroxyl groups is 1. The number of aromatic nitrogens is 2. The van der Waals surface area contributed by atoms with Crippen LogP contribution < -0.4 is 0 Å². The number of carbonyl (C=O) groups is 1. The van der Waals surface area contributed by atoms with Crippen LogP contribution >= 0.6 is 0 Å². The van der Waals surface area contributed by atoms with Crippen molar-refractivity contribution in [2.24, 2.45) is 12.5 Å². The zero-order valence-corrected chi connectivity index (χ0v) is 15.1. The lowest BCUT2D eigenvalue weighted by molar-refractivity contribution is -0.272. The molecule has 1 amide bonds. The van der Waals surface area contributed by atoms with E-state index in [2.05, 4.69) is 4.98 Å². The Morgan fingerprint density at radius 3 is 2.48 bits per heavy atom. The van der Waals surface area contributed by atoms with Crippen LogP contribution in [0.1, 0.15) is 52.3 Å². The van der Waals surface area contributed by atoms with Crippen LogP contribution in [0.5, 0.6) is 0 Å². The van der Waals surface area contributed by atoms with Gasteiger partial charge in [-0.2, -0.15) is 13.2 Å². The molecule has 1 fully saturated rings. The maximum Gasteiger partial charge on any atom is 0.425 e. The SMILES string of the molecule is Cn1ccnc1C(O)(CC(=O)N1CCCC1CC(C)(C)C)C(F)(F)F. The number of hydrogen-bond acceptors (Lipinski definition) is 3. The summed E-state index contributed by atoms with van der Waals surface area (Å²) in [6.45, 7) is 6.53. The maximum absolute atomic E-state index is 13.6. The first kappa shape index (κ1) is 19.8. The van der Waals surface area contributed by atoms with Crippen molar-refractivity contribution in [1.82, 2.24) is 14.5 Å². The van der Waals surface area contributed by atoms with Crippen molar-refractivity contribution < 1.29 is 23.1 Å². The quantitative estimate of drug-likeness (QED) is 0.897. The molecule has 1 aliphatic heterocycles. The zero-order chi connectivity index (χ0) is 19.0. The van der Waals surface area contributed by atoms with Gasteiger partial charge in [0.25, 0.3) is 0 Å². The molecule has 0 aromatic carbocycles. The number of carbonyl (C=O) groups excluding carboxylic acids is 1. The molecule has 2 atom stereocenters. The highest BCUT2D eigenvalue weighted by atomic mass is 19.4. The van der Waals surface area contributed by atoms with E-state index in [1.165, 1.54) is 24.3 Å². The molecule has 0 aliphatic carbocycles. The largest absolute Gasteiger partial charge is 0.425 e. The van der Waals surface area contributed by atoms with Crippen LogP contribution in [0.4, 0.5) is 13.2 Å². The average Bonchev–Trinajstić information content (AvgIpc) is 3.04. The van der Waals surface area contributed by atoms with Crippen molar-refractivity contribution >= 4 is 5.91 Å². The monoisotopic (exact) mass is 361 g/mol. The lowest BCUT2D eigenvalue weighted by Gasteiger charge is -2.34. The highest BCUT2D eigenvalue weighted by molar-refractivity contribution is 5.78. The van der Waals surface area contributed by atoms with E-state index in [-0.39, 0.29) is 11.5 Å². The van der Waals surface area contributed by atoms with E-state index in [0.717, 1.165) is 17.4 Å². The average molecular weight is 361 g/mol. The van der Waals surface area contributed by atoms with Crippen molar-refractivity contribution in [2.75, 3.05) is 6.54 Å². The van der Waals surface area contributed by atoms with E-state index in [0.29, 0.717) is 13.0 Å². The summed E-state index contributed by atoms with van der Waals surface area (Å²) in [5.41, 5.74) is -3.33. The van der Waals surface area contributed by atoms with Crippen molar-refractivity contribution in [3.63, 3.8) is 0 Å². The van der Waals surface area contributed by atoms with E-state index in [1.807, 2.05) is 20.8 Å². The number of halogens is 3. The highest BCUT2D eigenvalue weighted by Crippen LogP contribution is 2.42. The molecule has 8 heteroatoms. The van der Waals surface area contributed by atoms with Crippen LogP contribution in [0.2, 0.25) is 0 Å². The van der Waals surface area contributed by atoms with Gasteiger partial charge in [-0.15, -0.1) is 0 Å². The number of amides is 1. The lowest BCUT2D eigenvalue weighted by atomic mass is 9.87. The minimum atomic E-state index is -5.00. The van der Waals surface area contributed by atoms with Gasteiger partial charge in [0.2, 0.25) is 11.5 Å². The third-order valence-corrected chi connectivity index (χ3v) is 4.61. The first-order valence-corrected chi connectivity index (χ1v) is 8.41. The summed E-state index contributed by atoms with van der Waals surface area (Å²) < 4.78 is 41.9. The van der Waals surface area contributed by atoms with Gasteiger partial charge in [-0.1, -0.05) is 20.8 Å². The van der Waals surface area contributed by atoms with Crippen LogP contribution in [0.25, 0.3) is 0 Å². The van der Waals surface area contributed by atoms with Crippen LogP contribution in [-0.2, 0) is 17.4 Å². The molecule has 2 heterocycles. The fraction of sp³-hybridized carbons (Fsp3) is 0.765. The summed E-state index contributed by atoms with van der Waals surface area (Å²) in [4.78, 5) is 17.8. The molecule has 25 heavy (non-hydrogen) atoms. The number of aryl methyl sites for hydroxylation is 1. The van der Waals surface area contributed by atoms with E-state index >= 15 is 0 Å². The van der Waals surface area contributed by atoms with Gasteiger partial charge < -0.3 is 14.6 Å². The Balaban J connectivity index is 2.25. The zero-order valence-electron chi connectivity index (χ0n) is 15.1. The number of nitrogens with zero attached hydrogens (tertiary/aromatic N) is 3. The molecule has 1 aromatic rings. The van der Waals surface area contributed by atoms with E-state index in [1.54, 1.807) is 0 Å². The molecule has 0 radical (unpaired) electrons. The second-order valence-corrected chi connectivity index (χ2v) is 8.04.